The highest BCUT2D eigenvalue weighted by molar-refractivity contribution is 7.98. The zero-order valence-corrected chi connectivity index (χ0v) is 26.9. The van der Waals surface area contributed by atoms with Crippen LogP contribution in [-0.2, 0) is 5.75 Å². The number of thioether (sulfide) groups is 1. The first-order valence-electron chi connectivity index (χ1n) is 15.6. The van der Waals surface area contributed by atoms with Crippen molar-refractivity contribution in [2.24, 2.45) is 17.8 Å². The molecule has 0 aliphatic rings. The molecule has 0 unspecified atom stereocenters. The Morgan fingerprint density at radius 2 is 1.52 bits per heavy atom. The highest BCUT2D eigenvalue weighted by Crippen LogP contribution is 2.36. The van der Waals surface area contributed by atoms with Crippen LogP contribution in [0.4, 0.5) is 4.39 Å². The Kier molecular flexibility index (Phi) is 13.5. The molecule has 0 amide bonds. The van der Waals surface area contributed by atoms with Crippen molar-refractivity contribution in [1.82, 2.24) is 0 Å². The normalized spacial score (nSPS) is 13.6. The Morgan fingerprint density at radius 3 is 2.17 bits per heavy atom. The van der Waals surface area contributed by atoms with Crippen LogP contribution in [0.5, 0.6) is 11.5 Å². The van der Waals surface area contributed by atoms with Crippen molar-refractivity contribution in [2.75, 3.05) is 5.75 Å². The number of hydrogen-bond donors (Lipinski definition) is 2. The van der Waals surface area contributed by atoms with Crippen LogP contribution in [0.15, 0.2) is 57.3 Å². The molecule has 230 valence electrons. The molecule has 0 saturated heterocycles. The van der Waals surface area contributed by atoms with E-state index < -0.39 is 11.6 Å². The second kappa shape index (κ2) is 16.8. The van der Waals surface area contributed by atoms with Gasteiger partial charge < -0.3 is 14.6 Å². The van der Waals surface area contributed by atoms with Gasteiger partial charge in [0.25, 0.3) is 0 Å². The largest absolute Gasteiger partial charge is 0.504 e. The van der Waals surface area contributed by atoms with E-state index in [-0.39, 0.29) is 27.9 Å². The summed E-state index contributed by atoms with van der Waals surface area (Å²) in [6.07, 6.45) is 13.8. The summed E-state index contributed by atoms with van der Waals surface area (Å²) in [5, 5.41) is 20.4. The minimum atomic E-state index is -0.480. The van der Waals surface area contributed by atoms with Crippen LogP contribution >= 0.6 is 11.8 Å². The SMILES string of the molecule is CC(=CCSCc1c(-c2ccc(F)cc2)oc2c(O)c(O)ccc2c1=O)CCC[C@H](C)CCC[C@H](C)CCCC(C)C. The van der Waals surface area contributed by atoms with Crippen molar-refractivity contribution in [3.8, 4) is 22.8 Å². The van der Waals surface area contributed by atoms with Gasteiger partial charge in [-0.05, 0) is 73.9 Å². The highest BCUT2D eigenvalue weighted by Gasteiger charge is 2.19. The van der Waals surface area contributed by atoms with Crippen molar-refractivity contribution in [3.63, 3.8) is 0 Å². The fraction of sp³-hybridized carbons (Fsp3) is 0.528. The maximum absolute atomic E-state index is 13.6. The van der Waals surface area contributed by atoms with Crippen molar-refractivity contribution < 1.29 is 19.0 Å². The van der Waals surface area contributed by atoms with Crippen molar-refractivity contribution >= 4 is 22.7 Å². The highest BCUT2D eigenvalue weighted by atomic mass is 32.2. The molecule has 2 aromatic carbocycles. The zero-order valence-electron chi connectivity index (χ0n) is 26.0. The molecular formula is C36H49FO4S. The van der Waals surface area contributed by atoms with Crippen LogP contribution in [0.1, 0.15) is 98.0 Å². The number of phenolic OH excluding ortho intramolecular Hbond substituents is 2. The fourth-order valence-electron chi connectivity index (χ4n) is 5.41. The molecule has 0 saturated carbocycles. The van der Waals surface area contributed by atoms with Gasteiger partial charge in [0.1, 0.15) is 11.6 Å². The summed E-state index contributed by atoms with van der Waals surface area (Å²) in [7, 11) is 0. The molecule has 6 heteroatoms. The lowest BCUT2D eigenvalue weighted by Gasteiger charge is -2.15. The first kappa shape index (κ1) is 33.8. The first-order chi connectivity index (χ1) is 20.1. The summed E-state index contributed by atoms with van der Waals surface area (Å²) in [6.45, 7) is 11.6. The summed E-state index contributed by atoms with van der Waals surface area (Å²) < 4.78 is 19.5. The molecule has 42 heavy (non-hydrogen) atoms. The second-order valence-electron chi connectivity index (χ2n) is 12.5. The molecule has 0 radical (unpaired) electrons. The van der Waals surface area contributed by atoms with E-state index in [1.165, 1.54) is 81.2 Å². The minimum absolute atomic E-state index is 0.0748. The predicted molar refractivity (Wildman–Crippen MR) is 176 cm³/mol. The van der Waals surface area contributed by atoms with E-state index in [4.69, 9.17) is 4.42 Å². The topological polar surface area (TPSA) is 70.7 Å². The molecular weight excluding hydrogens is 547 g/mol. The molecule has 0 aliphatic heterocycles. The van der Waals surface area contributed by atoms with Crippen molar-refractivity contribution in [3.05, 3.63) is 69.7 Å². The predicted octanol–water partition coefficient (Wildman–Crippen LogP) is 10.6. The molecule has 0 bridgehead atoms. The Labute approximate surface area is 255 Å². The van der Waals surface area contributed by atoms with E-state index in [9.17, 15) is 19.4 Å². The van der Waals surface area contributed by atoms with Crippen LogP contribution in [0.3, 0.4) is 0 Å². The molecule has 2 atom stereocenters. The van der Waals surface area contributed by atoms with E-state index in [1.54, 1.807) is 23.9 Å². The van der Waals surface area contributed by atoms with Crippen LogP contribution in [0.2, 0.25) is 0 Å². The minimum Gasteiger partial charge on any atom is -0.504 e. The lowest BCUT2D eigenvalue weighted by atomic mass is 9.91. The molecule has 1 aromatic heterocycles. The van der Waals surface area contributed by atoms with Gasteiger partial charge in [-0.1, -0.05) is 84.3 Å². The Hall–Kier alpha value is -2.73. The second-order valence-corrected chi connectivity index (χ2v) is 13.5. The summed E-state index contributed by atoms with van der Waals surface area (Å²) >= 11 is 1.61. The maximum atomic E-state index is 13.6. The van der Waals surface area contributed by atoms with E-state index in [0.717, 1.165) is 29.9 Å². The van der Waals surface area contributed by atoms with Crippen LogP contribution in [-0.4, -0.2) is 16.0 Å². The van der Waals surface area contributed by atoms with Gasteiger partial charge in [-0.15, -0.1) is 0 Å². The van der Waals surface area contributed by atoms with Gasteiger partial charge in [-0.3, -0.25) is 4.79 Å². The van der Waals surface area contributed by atoms with Gasteiger partial charge in [0.15, 0.2) is 16.8 Å². The smallest absolute Gasteiger partial charge is 0.201 e. The first-order valence-corrected chi connectivity index (χ1v) is 16.7. The standard InChI is InChI=1S/C36H49FO4S/c1-24(2)9-6-10-25(3)11-7-12-26(4)13-8-14-27(5)21-22-42-23-31-33(39)30-19-20-32(38)34(40)36(30)41-35(31)28-15-17-29(37)18-16-28/h15-21,24-26,38,40H,6-14,22-23H2,1-5H3/t25-,26-/m1/s1. The number of rotatable bonds is 17. The lowest BCUT2D eigenvalue weighted by Crippen LogP contribution is -2.10. The van der Waals surface area contributed by atoms with E-state index in [0.29, 0.717) is 16.9 Å². The summed E-state index contributed by atoms with van der Waals surface area (Å²) in [6, 6.07) is 8.45. The summed E-state index contributed by atoms with van der Waals surface area (Å²) in [5.41, 5.74) is 2.01. The zero-order chi connectivity index (χ0) is 30.6. The van der Waals surface area contributed by atoms with Crippen molar-refractivity contribution in [1.29, 1.82) is 0 Å². The van der Waals surface area contributed by atoms with Gasteiger partial charge in [0.05, 0.1) is 10.9 Å². The van der Waals surface area contributed by atoms with Crippen LogP contribution < -0.4 is 5.43 Å². The quantitative estimate of drug-likeness (QED) is 0.0921. The molecule has 1 heterocycles. The molecule has 4 nitrogen and oxygen atoms in total. The summed E-state index contributed by atoms with van der Waals surface area (Å²) in [4.78, 5) is 13.4. The molecule has 2 N–H and O–H groups in total. The molecule has 3 rings (SSSR count). The van der Waals surface area contributed by atoms with Crippen molar-refractivity contribution in [2.45, 2.75) is 98.2 Å². The lowest BCUT2D eigenvalue weighted by molar-refractivity contribution is 0.389. The molecule has 0 aliphatic carbocycles. The van der Waals surface area contributed by atoms with Crippen LogP contribution in [0, 0.1) is 23.6 Å². The Morgan fingerprint density at radius 1 is 0.905 bits per heavy atom. The molecule has 3 aromatic rings. The maximum Gasteiger partial charge on any atom is 0.201 e. The van der Waals surface area contributed by atoms with E-state index in [1.807, 2.05) is 0 Å². The number of phenols is 2. The third kappa shape index (κ3) is 10.2. The number of halogens is 1. The average molecular weight is 597 g/mol. The molecule has 0 spiro atoms. The third-order valence-electron chi connectivity index (χ3n) is 8.15. The number of allylic oxidation sites excluding steroid dienone is 1. The number of aromatic hydroxyl groups is 2. The van der Waals surface area contributed by atoms with Gasteiger partial charge in [-0.2, -0.15) is 11.8 Å². The van der Waals surface area contributed by atoms with Crippen LogP contribution in [0.25, 0.3) is 22.3 Å². The van der Waals surface area contributed by atoms with Gasteiger partial charge in [0, 0.05) is 17.1 Å². The Bertz CT molecular complexity index is 1360. The number of fused-ring (bicyclic) bond motifs is 1. The van der Waals surface area contributed by atoms with E-state index in [2.05, 4.69) is 40.7 Å². The van der Waals surface area contributed by atoms with Gasteiger partial charge in [-0.25, -0.2) is 4.39 Å². The molecule has 0 fully saturated rings. The number of hydrogen-bond acceptors (Lipinski definition) is 5. The van der Waals surface area contributed by atoms with Gasteiger partial charge in [0.2, 0.25) is 5.75 Å². The Balaban J connectivity index is 1.51. The number of benzene rings is 2. The fourth-order valence-corrected chi connectivity index (χ4v) is 6.40. The van der Waals surface area contributed by atoms with E-state index >= 15 is 0 Å². The van der Waals surface area contributed by atoms with Gasteiger partial charge >= 0.3 is 0 Å². The summed E-state index contributed by atoms with van der Waals surface area (Å²) in [5.74, 6) is 2.62. The third-order valence-corrected chi connectivity index (χ3v) is 9.05. The monoisotopic (exact) mass is 596 g/mol. The average Bonchev–Trinajstić information content (AvgIpc) is 2.94.